The van der Waals surface area contributed by atoms with E-state index in [9.17, 15) is 4.39 Å². The van der Waals surface area contributed by atoms with E-state index in [0.717, 1.165) is 69.4 Å². The predicted molar refractivity (Wildman–Crippen MR) is 176 cm³/mol. The van der Waals surface area contributed by atoms with Crippen LogP contribution in [-0.4, -0.2) is 81.0 Å². The van der Waals surface area contributed by atoms with Gasteiger partial charge >= 0.3 is 0 Å². The third kappa shape index (κ3) is 19.0. The molecule has 3 rings (SSSR count). The van der Waals surface area contributed by atoms with Crippen LogP contribution in [0.3, 0.4) is 0 Å². The summed E-state index contributed by atoms with van der Waals surface area (Å²) in [5.74, 6) is 0.735. The van der Waals surface area contributed by atoms with Crippen LogP contribution in [0.5, 0.6) is 0 Å². The third-order valence-electron chi connectivity index (χ3n) is 6.98. The van der Waals surface area contributed by atoms with Crippen LogP contribution in [0.25, 0.3) is 11.1 Å². The number of hydrogen-bond acceptors (Lipinski definition) is 6. The molecule has 1 aliphatic rings. The molecule has 2 N–H and O–H groups in total. The molecule has 0 bridgehead atoms. The van der Waals surface area contributed by atoms with Gasteiger partial charge in [-0.2, -0.15) is 5.26 Å². The lowest BCUT2D eigenvalue weighted by molar-refractivity contribution is 0.128. The Bertz CT molecular complexity index is 941. The number of nitrogens with zero attached hydrogens (tertiary/aromatic N) is 3. The molecule has 0 aliphatic carbocycles. The summed E-state index contributed by atoms with van der Waals surface area (Å²) in [7, 11) is 2.17. The normalized spacial score (nSPS) is 13.8. The molecule has 0 saturated carbocycles. The van der Waals surface area contributed by atoms with Crippen molar-refractivity contribution in [2.24, 2.45) is 5.92 Å². The van der Waals surface area contributed by atoms with Crippen LogP contribution in [-0.2, 0) is 11.3 Å². The SMILES string of the molecule is CC.CCCOCCCC(C)CC.Cc1ccc(-c2ccc(CN3CCN(C)CC3)cc2)cc1F.N#CCNCCO. The molecular weight excluding hydrogens is 527 g/mol. The minimum atomic E-state index is -0.140. The van der Waals surface area contributed by atoms with Crippen LogP contribution in [0.2, 0.25) is 0 Å². The van der Waals surface area contributed by atoms with E-state index in [1.165, 1.54) is 24.8 Å². The van der Waals surface area contributed by atoms with Gasteiger partial charge in [0, 0.05) is 52.5 Å². The molecular formula is C35H59FN4O2. The molecule has 1 atom stereocenters. The number of aliphatic hydroxyl groups excluding tert-OH is 1. The molecule has 1 unspecified atom stereocenters. The summed E-state index contributed by atoms with van der Waals surface area (Å²) < 4.78 is 19.1. The highest BCUT2D eigenvalue weighted by Crippen LogP contribution is 2.22. The largest absolute Gasteiger partial charge is 0.395 e. The van der Waals surface area contributed by atoms with Gasteiger partial charge in [-0.25, -0.2) is 4.39 Å². The van der Waals surface area contributed by atoms with E-state index in [1.54, 1.807) is 13.0 Å². The van der Waals surface area contributed by atoms with Crippen LogP contribution < -0.4 is 5.32 Å². The van der Waals surface area contributed by atoms with Crippen molar-refractivity contribution < 1.29 is 14.2 Å². The summed E-state index contributed by atoms with van der Waals surface area (Å²) in [6.07, 6.45) is 4.99. The van der Waals surface area contributed by atoms with E-state index in [-0.39, 0.29) is 12.4 Å². The van der Waals surface area contributed by atoms with E-state index < -0.39 is 0 Å². The van der Waals surface area contributed by atoms with Gasteiger partial charge in [0.25, 0.3) is 0 Å². The molecule has 0 amide bonds. The van der Waals surface area contributed by atoms with E-state index in [0.29, 0.717) is 18.7 Å². The lowest BCUT2D eigenvalue weighted by Crippen LogP contribution is -2.43. The van der Waals surface area contributed by atoms with Gasteiger partial charge in [0.05, 0.1) is 19.2 Å². The number of benzene rings is 2. The van der Waals surface area contributed by atoms with Crippen molar-refractivity contribution in [2.45, 2.75) is 73.8 Å². The summed E-state index contributed by atoms with van der Waals surface area (Å²) in [4.78, 5) is 4.85. The lowest BCUT2D eigenvalue weighted by Gasteiger charge is -2.32. The zero-order valence-electron chi connectivity index (χ0n) is 27.6. The standard InChI is InChI=1S/C19H23FN2.C10H22O.C4H8N2O.C2H6/c1-15-3-6-18(13-19(15)20)17-7-4-16(5-8-17)14-22-11-9-21(2)10-12-22;1-4-8-11-9-6-7-10(3)5-2;5-1-2-6-3-4-7;1-2/h3-8,13H,9-12,14H2,1-2H3;10H,4-9H2,1-3H3;6-7H,2-4H2;1-2H3. The van der Waals surface area contributed by atoms with Crippen LogP contribution in [0.4, 0.5) is 4.39 Å². The summed E-state index contributed by atoms with van der Waals surface area (Å²) in [6.45, 7) is 20.8. The smallest absolute Gasteiger partial charge is 0.126 e. The fourth-order valence-corrected chi connectivity index (χ4v) is 4.05. The zero-order chi connectivity index (χ0) is 31.6. The second-order valence-corrected chi connectivity index (χ2v) is 10.6. The molecule has 238 valence electrons. The topological polar surface area (TPSA) is 71.8 Å². The molecule has 6 nitrogen and oxygen atoms in total. The van der Waals surface area contributed by atoms with Crippen LogP contribution in [0, 0.1) is 30.0 Å². The first-order valence-corrected chi connectivity index (χ1v) is 15.9. The quantitative estimate of drug-likeness (QED) is 0.196. The lowest BCUT2D eigenvalue weighted by atomic mass is 10.0. The minimum absolute atomic E-state index is 0.0989. The molecule has 2 aromatic carbocycles. The first-order valence-electron chi connectivity index (χ1n) is 15.9. The van der Waals surface area contributed by atoms with Gasteiger partial charge in [0.15, 0.2) is 0 Å². The maximum absolute atomic E-state index is 13.7. The number of piperazine rings is 1. The van der Waals surface area contributed by atoms with Gasteiger partial charge < -0.3 is 20.1 Å². The number of likely N-dealkylation sites (N-methyl/N-ethyl adjacent to an activating group) is 1. The Hall–Kier alpha value is -2.34. The highest BCUT2D eigenvalue weighted by molar-refractivity contribution is 5.64. The Kier molecular flexibility index (Phi) is 24.8. The molecule has 1 aliphatic heterocycles. The summed E-state index contributed by atoms with van der Waals surface area (Å²) in [6, 6.07) is 15.8. The molecule has 7 heteroatoms. The molecule has 0 radical (unpaired) electrons. The maximum Gasteiger partial charge on any atom is 0.126 e. The highest BCUT2D eigenvalue weighted by atomic mass is 19.1. The average Bonchev–Trinajstić information content (AvgIpc) is 3.02. The van der Waals surface area contributed by atoms with Crippen molar-refractivity contribution in [2.75, 3.05) is 66.1 Å². The number of halogens is 1. The van der Waals surface area contributed by atoms with Crippen LogP contribution in [0.1, 0.15) is 71.4 Å². The first-order chi connectivity index (χ1) is 20.3. The van der Waals surface area contributed by atoms with Crippen molar-refractivity contribution in [3.05, 3.63) is 59.4 Å². The number of ether oxygens (including phenoxy) is 1. The zero-order valence-corrected chi connectivity index (χ0v) is 27.6. The van der Waals surface area contributed by atoms with E-state index in [4.69, 9.17) is 15.1 Å². The van der Waals surface area contributed by atoms with E-state index in [2.05, 4.69) is 67.2 Å². The molecule has 0 spiro atoms. The second-order valence-electron chi connectivity index (χ2n) is 10.6. The number of nitriles is 1. The highest BCUT2D eigenvalue weighted by Gasteiger charge is 2.13. The Morgan fingerprint density at radius 2 is 1.67 bits per heavy atom. The number of aliphatic hydroxyl groups is 1. The summed E-state index contributed by atoms with van der Waals surface area (Å²) in [5.41, 5.74) is 4.02. The number of rotatable bonds is 13. The third-order valence-corrected chi connectivity index (χ3v) is 6.98. The Morgan fingerprint density at radius 1 is 1.02 bits per heavy atom. The van der Waals surface area contributed by atoms with Gasteiger partial charge in [0.2, 0.25) is 0 Å². The number of nitrogens with one attached hydrogen (secondary N) is 1. The van der Waals surface area contributed by atoms with E-state index >= 15 is 0 Å². The van der Waals surface area contributed by atoms with Gasteiger partial charge in [-0.1, -0.05) is 77.4 Å². The second kappa shape index (κ2) is 26.3. The molecule has 1 fully saturated rings. The molecule has 0 aromatic heterocycles. The Balaban J connectivity index is 0.000000705. The van der Waals surface area contributed by atoms with Crippen molar-refractivity contribution in [3.8, 4) is 17.2 Å². The molecule has 2 aromatic rings. The van der Waals surface area contributed by atoms with Gasteiger partial charge in [-0.15, -0.1) is 0 Å². The number of aryl methyl sites for hydroxylation is 1. The maximum atomic E-state index is 13.7. The van der Waals surface area contributed by atoms with Crippen molar-refractivity contribution in [1.82, 2.24) is 15.1 Å². The summed E-state index contributed by atoms with van der Waals surface area (Å²) in [5, 5.41) is 18.7. The monoisotopic (exact) mass is 586 g/mol. The fraction of sp³-hybridized carbons (Fsp3) is 0.629. The molecule has 1 heterocycles. The Morgan fingerprint density at radius 3 is 2.21 bits per heavy atom. The van der Waals surface area contributed by atoms with Crippen molar-refractivity contribution in [3.63, 3.8) is 0 Å². The summed E-state index contributed by atoms with van der Waals surface area (Å²) >= 11 is 0. The van der Waals surface area contributed by atoms with Gasteiger partial charge in [-0.05, 0) is 67.5 Å². The van der Waals surface area contributed by atoms with Crippen LogP contribution in [0.15, 0.2) is 42.5 Å². The average molecular weight is 587 g/mol. The van der Waals surface area contributed by atoms with E-state index in [1.807, 2.05) is 32.0 Å². The first kappa shape index (κ1) is 39.7. The Labute approximate surface area is 256 Å². The van der Waals surface area contributed by atoms with Crippen molar-refractivity contribution >= 4 is 0 Å². The van der Waals surface area contributed by atoms with Crippen LogP contribution >= 0.6 is 0 Å². The minimum Gasteiger partial charge on any atom is -0.395 e. The predicted octanol–water partition coefficient (Wildman–Crippen LogP) is 6.91. The molecule has 42 heavy (non-hydrogen) atoms. The van der Waals surface area contributed by atoms with Gasteiger partial charge in [0.1, 0.15) is 5.82 Å². The molecule has 1 saturated heterocycles. The number of hydrogen-bond donors (Lipinski definition) is 2. The fourth-order valence-electron chi connectivity index (χ4n) is 4.05. The van der Waals surface area contributed by atoms with Gasteiger partial charge in [-0.3, -0.25) is 4.90 Å². The van der Waals surface area contributed by atoms with Crippen molar-refractivity contribution in [1.29, 1.82) is 5.26 Å².